The smallest absolute Gasteiger partial charge is 0.334 e. The number of H-pyrrole nitrogens is 1. The van der Waals surface area contributed by atoms with Gasteiger partial charge in [-0.3, -0.25) is 9.59 Å². The summed E-state index contributed by atoms with van der Waals surface area (Å²) in [6, 6.07) is 10.5. The van der Waals surface area contributed by atoms with Gasteiger partial charge in [-0.2, -0.15) is 13.2 Å². The number of imidazole rings is 1. The number of anilines is 1. The second-order valence-corrected chi connectivity index (χ2v) is 5.25. The van der Waals surface area contributed by atoms with Crippen LogP contribution in [0.1, 0.15) is 26.5 Å². The molecular weight excluding hydrogens is 323 g/mol. The summed E-state index contributed by atoms with van der Waals surface area (Å²) in [5, 5.41) is 0. The van der Waals surface area contributed by atoms with E-state index in [0.717, 1.165) is 4.90 Å². The summed E-state index contributed by atoms with van der Waals surface area (Å²) >= 11 is 0. The zero-order chi connectivity index (χ0) is 17.1. The maximum absolute atomic E-state index is 12.9. The van der Waals surface area contributed by atoms with E-state index in [4.69, 9.17) is 0 Å². The molecule has 0 atom stereocenters. The lowest BCUT2D eigenvalue weighted by atomic mass is 10.1. The van der Waals surface area contributed by atoms with Crippen molar-refractivity contribution in [3.8, 4) is 0 Å². The molecule has 0 radical (unpaired) electrons. The van der Waals surface area contributed by atoms with Gasteiger partial charge < -0.3 is 4.98 Å². The number of rotatable bonds is 1. The molecule has 3 aromatic rings. The van der Waals surface area contributed by atoms with Crippen LogP contribution < -0.4 is 4.90 Å². The number of nitrogens with one attached hydrogen (secondary N) is 1. The van der Waals surface area contributed by atoms with E-state index in [1.807, 2.05) is 0 Å². The average Bonchev–Trinajstić information content (AvgIpc) is 3.09. The highest BCUT2D eigenvalue weighted by Crippen LogP contribution is 2.35. The number of aromatic nitrogens is 2. The first-order valence-electron chi connectivity index (χ1n) is 6.91. The number of imide groups is 1. The van der Waals surface area contributed by atoms with Gasteiger partial charge in [0.25, 0.3) is 11.8 Å². The average molecular weight is 331 g/mol. The van der Waals surface area contributed by atoms with E-state index in [-0.39, 0.29) is 27.8 Å². The zero-order valence-corrected chi connectivity index (χ0v) is 11.9. The van der Waals surface area contributed by atoms with E-state index >= 15 is 0 Å². The van der Waals surface area contributed by atoms with Crippen molar-refractivity contribution in [1.29, 1.82) is 0 Å². The number of alkyl halides is 3. The van der Waals surface area contributed by atoms with Gasteiger partial charge >= 0.3 is 6.18 Å². The highest BCUT2D eigenvalue weighted by atomic mass is 19.4. The number of nitrogens with zero attached hydrogens (tertiary/aromatic N) is 2. The van der Waals surface area contributed by atoms with Crippen LogP contribution >= 0.6 is 0 Å². The molecule has 1 aliphatic heterocycles. The standard InChI is InChI=1S/C16H8F3N3O2/c17-16(18,19)15-20-10-6-3-7-11(12(10)21-15)22-13(23)8-4-1-2-5-9(8)14(22)24/h1-7H,(H,20,21). The molecule has 120 valence electrons. The number of carbonyl (C=O) groups is 2. The third kappa shape index (κ3) is 1.92. The van der Waals surface area contributed by atoms with Gasteiger partial charge in [-0.15, -0.1) is 0 Å². The molecule has 2 heterocycles. The van der Waals surface area contributed by atoms with Crippen LogP contribution in [0.2, 0.25) is 0 Å². The van der Waals surface area contributed by atoms with E-state index in [0.29, 0.717) is 0 Å². The Morgan fingerprint density at radius 3 is 2.12 bits per heavy atom. The molecule has 24 heavy (non-hydrogen) atoms. The Kier molecular flexibility index (Phi) is 2.81. The molecule has 1 aromatic heterocycles. The van der Waals surface area contributed by atoms with Crippen molar-refractivity contribution in [2.24, 2.45) is 0 Å². The number of hydrogen-bond donors (Lipinski definition) is 1. The normalized spacial score (nSPS) is 14.5. The van der Waals surface area contributed by atoms with E-state index in [1.54, 1.807) is 12.1 Å². The van der Waals surface area contributed by atoms with E-state index in [2.05, 4.69) is 9.97 Å². The van der Waals surface area contributed by atoms with Crippen LogP contribution in [-0.4, -0.2) is 21.8 Å². The van der Waals surface area contributed by atoms with Gasteiger partial charge in [0, 0.05) is 0 Å². The predicted molar refractivity (Wildman–Crippen MR) is 78.7 cm³/mol. The molecule has 0 saturated carbocycles. The molecule has 0 spiro atoms. The second kappa shape index (κ2) is 4.67. The molecule has 5 nitrogen and oxygen atoms in total. The van der Waals surface area contributed by atoms with Crippen LogP contribution in [-0.2, 0) is 6.18 Å². The Hall–Kier alpha value is -3.16. The Morgan fingerprint density at radius 1 is 0.917 bits per heavy atom. The molecule has 8 heteroatoms. The molecule has 0 bridgehead atoms. The fourth-order valence-corrected chi connectivity index (χ4v) is 2.74. The Balaban J connectivity index is 1.91. The molecule has 1 aliphatic rings. The van der Waals surface area contributed by atoms with Crippen molar-refractivity contribution < 1.29 is 22.8 Å². The Labute approximate surface area is 132 Å². The van der Waals surface area contributed by atoms with Crippen LogP contribution in [0.25, 0.3) is 11.0 Å². The molecule has 1 N–H and O–H groups in total. The summed E-state index contributed by atoms with van der Waals surface area (Å²) in [5.41, 5.74) is 0.457. The number of para-hydroxylation sites is 1. The molecule has 0 fully saturated rings. The summed E-state index contributed by atoms with van der Waals surface area (Å²) < 4.78 is 38.6. The van der Waals surface area contributed by atoms with Crippen molar-refractivity contribution in [1.82, 2.24) is 9.97 Å². The van der Waals surface area contributed by atoms with Crippen LogP contribution in [0.15, 0.2) is 42.5 Å². The number of amides is 2. The van der Waals surface area contributed by atoms with E-state index < -0.39 is 23.8 Å². The van der Waals surface area contributed by atoms with Gasteiger partial charge in [0.15, 0.2) is 0 Å². The van der Waals surface area contributed by atoms with Gasteiger partial charge in [-0.05, 0) is 24.3 Å². The molecule has 2 amide bonds. The number of benzene rings is 2. The quantitative estimate of drug-likeness (QED) is 0.695. The third-order valence-electron chi connectivity index (χ3n) is 3.79. The van der Waals surface area contributed by atoms with Crippen molar-refractivity contribution in [2.75, 3.05) is 4.90 Å². The molecule has 0 aliphatic carbocycles. The van der Waals surface area contributed by atoms with Crippen molar-refractivity contribution in [3.05, 3.63) is 59.4 Å². The maximum Gasteiger partial charge on any atom is 0.449 e. The van der Waals surface area contributed by atoms with E-state index in [1.165, 1.54) is 30.3 Å². The van der Waals surface area contributed by atoms with Crippen LogP contribution in [0.3, 0.4) is 0 Å². The minimum absolute atomic E-state index is 0.0189. The topological polar surface area (TPSA) is 66.1 Å². The van der Waals surface area contributed by atoms with E-state index in [9.17, 15) is 22.8 Å². The number of halogens is 3. The summed E-state index contributed by atoms with van der Waals surface area (Å²) in [6.07, 6.45) is -4.65. The monoisotopic (exact) mass is 331 g/mol. The van der Waals surface area contributed by atoms with Crippen molar-refractivity contribution >= 4 is 28.5 Å². The molecular formula is C16H8F3N3O2. The third-order valence-corrected chi connectivity index (χ3v) is 3.79. The summed E-state index contributed by atoms with van der Waals surface area (Å²) in [6.45, 7) is 0. The fraction of sp³-hybridized carbons (Fsp3) is 0.0625. The lowest BCUT2D eigenvalue weighted by Gasteiger charge is -2.14. The van der Waals surface area contributed by atoms with Gasteiger partial charge in [0.05, 0.1) is 22.3 Å². The molecule has 2 aromatic carbocycles. The highest BCUT2D eigenvalue weighted by molar-refractivity contribution is 6.35. The molecule has 0 saturated heterocycles. The first-order chi connectivity index (χ1) is 11.4. The number of aromatic amines is 1. The fourth-order valence-electron chi connectivity index (χ4n) is 2.74. The minimum atomic E-state index is -4.65. The number of fused-ring (bicyclic) bond motifs is 2. The largest absolute Gasteiger partial charge is 0.449 e. The lowest BCUT2D eigenvalue weighted by molar-refractivity contribution is -0.144. The summed E-state index contributed by atoms with van der Waals surface area (Å²) in [4.78, 5) is 31.6. The Morgan fingerprint density at radius 2 is 1.54 bits per heavy atom. The predicted octanol–water partition coefficient (Wildman–Crippen LogP) is 3.38. The summed E-state index contributed by atoms with van der Waals surface area (Å²) in [5.74, 6) is -2.35. The van der Waals surface area contributed by atoms with Gasteiger partial charge in [0.1, 0.15) is 5.52 Å². The molecule has 4 rings (SSSR count). The van der Waals surface area contributed by atoms with Crippen molar-refractivity contribution in [2.45, 2.75) is 6.18 Å². The van der Waals surface area contributed by atoms with Crippen LogP contribution in [0.4, 0.5) is 18.9 Å². The second-order valence-electron chi connectivity index (χ2n) is 5.25. The van der Waals surface area contributed by atoms with Crippen LogP contribution in [0.5, 0.6) is 0 Å². The van der Waals surface area contributed by atoms with Gasteiger partial charge in [-0.1, -0.05) is 18.2 Å². The highest BCUT2D eigenvalue weighted by Gasteiger charge is 2.39. The Bertz CT molecular complexity index is 972. The van der Waals surface area contributed by atoms with Crippen LogP contribution in [0, 0.1) is 0 Å². The molecule has 0 unspecified atom stereocenters. The minimum Gasteiger partial charge on any atom is -0.334 e. The number of carbonyl (C=O) groups excluding carboxylic acids is 2. The SMILES string of the molecule is O=C1c2ccccc2C(=O)N1c1cccc2[nH]c(C(F)(F)F)nc12. The zero-order valence-electron chi connectivity index (χ0n) is 11.9. The van der Waals surface area contributed by atoms with Crippen molar-refractivity contribution in [3.63, 3.8) is 0 Å². The summed E-state index contributed by atoms with van der Waals surface area (Å²) in [7, 11) is 0. The van der Waals surface area contributed by atoms with Gasteiger partial charge in [0.2, 0.25) is 5.82 Å². The first kappa shape index (κ1) is 14.4. The number of hydrogen-bond acceptors (Lipinski definition) is 3. The first-order valence-corrected chi connectivity index (χ1v) is 6.91. The van der Waals surface area contributed by atoms with Gasteiger partial charge in [-0.25, -0.2) is 9.88 Å². The lowest BCUT2D eigenvalue weighted by Crippen LogP contribution is -2.29. The maximum atomic E-state index is 12.9.